The van der Waals surface area contributed by atoms with E-state index < -0.39 is 0 Å². The van der Waals surface area contributed by atoms with Crippen LogP contribution in [0.3, 0.4) is 0 Å². The third kappa shape index (κ3) is 3.06. The van der Waals surface area contributed by atoms with Crippen molar-refractivity contribution in [3.8, 4) is 17.0 Å². The van der Waals surface area contributed by atoms with Crippen LogP contribution in [0.1, 0.15) is 15.9 Å². The standard InChI is InChI=1S/C17H16N4O2/c1-11-3-4-12(16-5-6-19-21(16)2)8-15(11)20-17(23)13-7-14(22)10-18-9-13/h3-10,22H,1-2H3,(H,20,23). The Morgan fingerprint density at radius 2 is 2.04 bits per heavy atom. The van der Waals surface area contributed by atoms with Crippen molar-refractivity contribution in [2.75, 3.05) is 5.32 Å². The van der Waals surface area contributed by atoms with Gasteiger partial charge in [0.1, 0.15) is 5.75 Å². The van der Waals surface area contributed by atoms with E-state index in [2.05, 4.69) is 15.4 Å². The van der Waals surface area contributed by atoms with Crippen LogP contribution in [-0.2, 0) is 7.05 Å². The Kier molecular flexibility index (Phi) is 3.80. The summed E-state index contributed by atoms with van der Waals surface area (Å²) in [5.74, 6) is -0.364. The summed E-state index contributed by atoms with van der Waals surface area (Å²) in [4.78, 5) is 16.1. The number of nitrogens with one attached hydrogen (secondary N) is 1. The van der Waals surface area contributed by atoms with Gasteiger partial charge >= 0.3 is 0 Å². The molecule has 23 heavy (non-hydrogen) atoms. The molecule has 0 bridgehead atoms. The molecule has 3 rings (SSSR count). The van der Waals surface area contributed by atoms with Gasteiger partial charge in [0.25, 0.3) is 5.91 Å². The number of nitrogens with zero attached hydrogens (tertiary/aromatic N) is 3. The molecule has 0 aliphatic heterocycles. The highest BCUT2D eigenvalue weighted by molar-refractivity contribution is 6.04. The molecule has 2 aromatic heterocycles. The number of benzene rings is 1. The van der Waals surface area contributed by atoms with Gasteiger partial charge in [0.15, 0.2) is 0 Å². The number of aromatic hydroxyl groups is 1. The van der Waals surface area contributed by atoms with E-state index in [-0.39, 0.29) is 11.7 Å². The molecular formula is C17H16N4O2. The molecule has 2 heterocycles. The third-order valence-corrected chi connectivity index (χ3v) is 3.59. The van der Waals surface area contributed by atoms with Crippen molar-refractivity contribution in [2.45, 2.75) is 6.92 Å². The lowest BCUT2D eigenvalue weighted by molar-refractivity contribution is 0.102. The van der Waals surface area contributed by atoms with Crippen LogP contribution in [0.25, 0.3) is 11.3 Å². The summed E-state index contributed by atoms with van der Waals surface area (Å²) in [6.45, 7) is 1.92. The van der Waals surface area contributed by atoms with E-state index in [4.69, 9.17) is 0 Å². The van der Waals surface area contributed by atoms with Crippen molar-refractivity contribution in [1.82, 2.24) is 14.8 Å². The van der Waals surface area contributed by atoms with Gasteiger partial charge in [-0.2, -0.15) is 5.10 Å². The molecule has 0 atom stereocenters. The zero-order chi connectivity index (χ0) is 16.4. The van der Waals surface area contributed by atoms with Crippen LogP contribution in [0, 0.1) is 6.92 Å². The molecule has 1 aromatic carbocycles. The lowest BCUT2D eigenvalue weighted by Crippen LogP contribution is -2.13. The number of carbonyl (C=O) groups is 1. The van der Waals surface area contributed by atoms with Crippen LogP contribution < -0.4 is 5.32 Å². The van der Waals surface area contributed by atoms with Gasteiger partial charge in [-0.25, -0.2) is 0 Å². The average Bonchev–Trinajstić information content (AvgIpc) is 2.95. The highest BCUT2D eigenvalue weighted by atomic mass is 16.3. The van der Waals surface area contributed by atoms with Gasteiger partial charge in [0.05, 0.1) is 17.5 Å². The molecule has 0 saturated heterocycles. The van der Waals surface area contributed by atoms with Crippen molar-refractivity contribution in [3.05, 3.63) is 60.0 Å². The van der Waals surface area contributed by atoms with Crippen molar-refractivity contribution in [3.63, 3.8) is 0 Å². The number of hydrogen-bond acceptors (Lipinski definition) is 4. The number of pyridine rings is 1. The van der Waals surface area contributed by atoms with Crippen LogP contribution in [0.2, 0.25) is 0 Å². The van der Waals surface area contributed by atoms with Gasteiger partial charge in [-0.15, -0.1) is 0 Å². The molecule has 0 saturated carbocycles. The minimum atomic E-state index is -0.321. The number of amides is 1. The van der Waals surface area contributed by atoms with Crippen LogP contribution in [0.15, 0.2) is 48.9 Å². The lowest BCUT2D eigenvalue weighted by atomic mass is 10.1. The second kappa shape index (κ2) is 5.92. The molecule has 2 N–H and O–H groups in total. The molecule has 0 aliphatic carbocycles. The molecule has 3 aromatic rings. The normalized spacial score (nSPS) is 10.5. The van der Waals surface area contributed by atoms with Crippen molar-refractivity contribution < 1.29 is 9.90 Å². The molecule has 1 amide bonds. The number of aromatic nitrogens is 3. The third-order valence-electron chi connectivity index (χ3n) is 3.59. The Morgan fingerprint density at radius 3 is 2.74 bits per heavy atom. The maximum absolute atomic E-state index is 12.3. The summed E-state index contributed by atoms with van der Waals surface area (Å²) >= 11 is 0. The minimum absolute atomic E-state index is 0.0435. The molecule has 0 fully saturated rings. The maximum atomic E-state index is 12.3. The Balaban J connectivity index is 1.91. The minimum Gasteiger partial charge on any atom is -0.506 e. The van der Waals surface area contributed by atoms with E-state index in [0.717, 1.165) is 16.8 Å². The fourth-order valence-electron chi connectivity index (χ4n) is 2.32. The predicted molar refractivity (Wildman–Crippen MR) is 87.2 cm³/mol. The number of hydrogen-bond donors (Lipinski definition) is 2. The van der Waals surface area contributed by atoms with E-state index in [1.165, 1.54) is 18.5 Å². The zero-order valence-electron chi connectivity index (χ0n) is 12.8. The van der Waals surface area contributed by atoms with E-state index >= 15 is 0 Å². The SMILES string of the molecule is Cc1ccc(-c2ccnn2C)cc1NC(=O)c1cncc(O)c1. The van der Waals surface area contributed by atoms with E-state index in [1.54, 1.807) is 10.9 Å². The fourth-order valence-corrected chi connectivity index (χ4v) is 2.32. The predicted octanol–water partition coefficient (Wildman–Crippen LogP) is 2.75. The van der Waals surface area contributed by atoms with Crippen molar-refractivity contribution in [1.29, 1.82) is 0 Å². The second-order valence-electron chi connectivity index (χ2n) is 5.26. The molecule has 0 spiro atoms. The molecule has 116 valence electrons. The Morgan fingerprint density at radius 1 is 1.22 bits per heavy atom. The van der Waals surface area contributed by atoms with E-state index in [0.29, 0.717) is 11.3 Å². The van der Waals surface area contributed by atoms with E-state index in [1.807, 2.05) is 38.2 Å². The number of anilines is 1. The summed E-state index contributed by atoms with van der Waals surface area (Å²) in [5.41, 5.74) is 3.87. The molecular weight excluding hydrogens is 292 g/mol. The first-order chi connectivity index (χ1) is 11.0. The molecule has 0 radical (unpaired) electrons. The van der Waals surface area contributed by atoms with Crippen molar-refractivity contribution in [2.24, 2.45) is 7.05 Å². The fraction of sp³-hybridized carbons (Fsp3) is 0.118. The number of aryl methyl sites for hydroxylation is 2. The topological polar surface area (TPSA) is 80.0 Å². The highest BCUT2D eigenvalue weighted by Gasteiger charge is 2.11. The summed E-state index contributed by atoms with van der Waals surface area (Å²) in [5, 5.41) is 16.4. The first-order valence-corrected chi connectivity index (χ1v) is 7.09. The number of rotatable bonds is 3. The summed E-state index contributed by atoms with van der Waals surface area (Å²) in [6.07, 6.45) is 4.42. The summed E-state index contributed by atoms with van der Waals surface area (Å²) in [7, 11) is 1.87. The second-order valence-corrected chi connectivity index (χ2v) is 5.26. The van der Waals surface area contributed by atoms with Gasteiger partial charge in [-0.3, -0.25) is 14.5 Å². The van der Waals surface area contributed by atoms with Crippen molar-refractivity contribution >= 4 is 11.6 Å². The van der Waals surface area contributed by atoms with Crippen LogP contribution in [0.5, 0.6) is 5.75 Å². The van der Waals surface area contributed by atoms with Gasteiger partial charge in [-0.05, 0) is 30.7 Å². The largest absolute Gasteiger partial charge is 0.506 e. The molecule has 6 heteroatoms. The first kappa shape index (κ1) is 14.8. The highest BCUT2D eigenvalue weighted by Crippen LogP contribution is 2.25. The van der Waals surface area contributed by atoms with Crippen LogP contribution in [-0.4, -0.2) is 25.8 Å². The molecule has 6 nitrogen and oxygen atoms in total. The van der Waals surface area contributed by atoms with Gasteiger partial charge in [-0.1, -0.05) is 12.1 Å². The van der Waals surface area contributed by atoms with Gasteiger partial charge < -0.3 is 10.4 Å². The summed E-state index contributed by atoms with van der Waals surface area (Å²) < 4.78 is 1.77. The smallest absolute Gasteiger partial charge is 0.257 e. The Hall–Kier alpha value is -3.15. The summed E-state index contributed by atoms with van der Waals surface area (Å²) in [6, 6.07) is 9.12. The average molecular weight is 308 g/mol. The van der Waals surface area contributed by atoms with E-state index in [9.17, 15) is 9.90 Å². The molecule has 0 unspecified atom stereocenters. The first-order valence-electron chi connectivity index (χ1n) is 7.09. The lowest BCUT2D eigenvalue weighted by Gasteiger charge is -2.11. The maximum Gasteiger partial charge on any atom is 0.257 e. The van der Waals surface area contributed by atoms with Gasteiger partial charge in [0.2, 0.25) is 0 Å². The van der Waals surface area contributed by atoms with Crippen LogP contribution >= 0.6 is 0 Å². The Bertz CT molecular complexity index is 871. The Labute approximate surface area is 133 Å². The number of carbonyl (C=O) groups excluding carboxylic acids is 1. The zero-order valence-corrected chi connectivity index (χ0v) is 12.8. The quantitative estimate of drug-likeness (QED) is 0.779. The molecule has 0 aliphatic rings. The van der Waals surface area contributed by atoms with Gasteiger partial charge in [0, 0.05) is 30.7 Å². The monoisotopic (exact) mass is 308 g/mol. The van der Waals surface area contributed by atoms with Crippen LogP contribution in [0.4, 0.5) is 5.69 Å².